The van der Waals surface area contributed by atoms with Crippen molar-refractivity contribution in [2.45, 2.75) is 45.6 Å². The number of anilines is 1. The summed E-state index contributed by atoms with van der Waals surface area (Å²) in [5, 5.41) is 0. The van der Waals surface area contributed by atoms with E-state index in [1.54, 1.807) is 0 Å². The molecule has 0 unspecified atom stereocenters. The fraction of sp³-hybridized carbons (Fsp3) is 0.625. The minimum atomic E-state index is 0.420. The van der Waals surface area contributed by atoms with Crippen molar-refractivity contribution >= 4 is 5.69 Å². The normalized spacial score (nSPS) is 18.1. The summed E-state index contributed by atoms with van der Waals surface area (Å²) in [5.74, 6) is 0.710. The minimum absolute atomic E-state index is 0.420. The Morgan fingerprint density at radius 1 is 1.11 bits per heavy atom. The van der Waals surface area contributed by atoms with E-state index in [1.807, 2.05) is 0 Å². The molecule has 1 atom stereocenters. The van der Waals surface area contributed by atoms with Gasteiger partial charge in [0.05, 0.1) is 0 Å². The molecule has 2 heteroatoms. The number of benzene rings is 1. The molecule has 0 radical (unpaired) electrons. The highest BCUT2D eigenvalue weighted by Gasteiger charge is 2.20. The maximum absolute atomic E-state index is 4.38. The number of quaternary nitrogens is 1. The van der Waals surface area contributed by atoms with Crippen molar-refractivity contribution in [3.05, 3.63) is 29.8 Å². The van der Waals surface area contributed by atoms with E-state index in [4.69, 9.17) is 0 Å². The lowest BCUT2D eigenvalue weighted by Gasteiger charge is -2.31. The maximum atomic E-state index is 4.38. The molecule has 1 heterocycles. The number of nitrogens with zero attached hydrogens (tertiary/aromatic N) is 1. The molecule has 0 aromatic heterocycles. The average Bonchev–Trinajstić information content (AvgIpc) is 2.39. The van der Waals surface area contributed by atoms with Gasteiger partial charge in [0.25, 0.3) is 0 Å². The second-order valence-corrected chi connectivity index (χ2v) is 5.93. The Morgan fingerprint density at radius 2 is 1.78 bits per heavy atom. The summed E-state index contributed by atoms with van der Waals surface area (Å²) in [6.45, 7) is 6.99. The van der Waals surface area contributed by atoms with E-state index in [0.29, 0.717) is 12.0 Å². The molecule has 0 aliphatic carbocycles. The second kappa shape index (κ2) is 6.24. The molecule has 0 bridgehead atoms. The van der Waals surface area contributed by atoms with Crippen LogP contribution in [0.25, 0.3) is 0 Å². The largest absolute Gasteiger partial charge is 0.371 e. The van der Waals surface area contributed by atoms with Crippen molar-refractivity contribution in [2.75, 3.05) is 18.0 Å². The lowest BCUT2D eigenvalue weighted by atomic mass is 9.95. The fourth-order valence-electron chi connectivity index (χ4n) is 2.95. The Balaban J connectivity index is 2.18. The van der Waals surface area contributed by atoms with E-state index < -0.39 is 0 Å². The standard InChI is InChI=1S/C16H26N2/c1-13(2)12-15(17)14-8-4-5-9-16(14)18-10-6-3-7-11-18/h4-5,8-9,13,15H,3,6-7,10-12,17H2,1-2H3/p+1/t15-/m0/s1. The van der Waals surface area contributed by atoms with Crippen molar-refractivity contribution in [3.8, 4) is 0 Å². The molecule has 0 saturated carbocycles. The zero-order valence-corrected chi connectivity index (χ0v) is 11.9. The number of para-hydroxylation sites is 1. The third kappa shape index (κ3) is 3.26. The number of rotatable bonds is 4. The maximum Gasteiger partial charge on any atom is 0.112 e. The van der Waals surface area contributed by atoms with Crippen LogP contribution in [-0.4, -0.2) is 13.1 Å². The third-order valence-electron chi connectivity index (χ3n) is 3.83. The van der Waals surface area contributed by atoms with Crippen molar-refractivity contribution in [1.29, 1.82) is 0 Å². The van der Waals surface area contributed by atoms with E-state index in [9.17, 15) is 0 Å². The highest BCUT2D eigenvalue weighted by molar-refractivity contribution is 5.54. The van der Waals surface area contributed by atoms with E-state index >= 15 is 0 Å². The van der Waals surface area contributed by atoms with Crippen LogP contribution in [0, 0.1) is 5.92 Å². The Labute approximate surface area is 111 Å². The van der Waals surface area contributed by atoms with Gasteiger partial charge in [0.15, 0.2) is 0 Å². The first kappa shape index (κ1) is 13.4. The third-order valence-corrected chi connectivity index (χ3v) is 3.83. The van der Waals surface area contributed by atoms with Crippen LogP contribution in [0.5, 0.6) is 0 Å². The highest BCUT2D eigenvalue weighted by atomic mass is 15.1. The summed E-state index contributed by atoms with van der Waals surface area (Å²) < 4.78 is 0. The van der Waals surface area contributed by atoms with Crippen LogP contribution >= 0.6 is 0 Å². The lowest BCUT2D eigenvalue weighted by Crippen LogP contribution is -2.54. The smallest absolute Gasteiger partial charge is 0.112 e. The van der Waals surface area contributed by atoms with Gasteiger partial charge >= 0.3 is 0 Å². The van der Waals surface area contributed by atoms with E-state index in [-0.39, 0.29) is 0 Å². The van der Waals surface area contributed by atoms with Crippen LogP contribution < -0.4 is 10.6 Å². The molecule has 2 rings (SSSR count). The molecule has 1 aromatic carbocycles. The van der Waals surface area contributed by atoms with Crippen molar-refractivity contribution in [2.24, 2.45) is 5.92 Å². The fourth-order valence-corrected chi connectivity index (χ4v) is 2.95. The molecule has 18 heavy (non-hydrogen) atoms. The van der Waals surface area contributed by atoms with E-state index in [2.05, 4.69) is 48.7 Å². The van der Waals surface area contributed by atoms with Gasteiger partial charge in [-0.15, -0.1) is 0 Å². The molecule has 1 aromatic rings. The molecule has 0 spiro atoms. The van der Waals surface area contributed by atoms with Crippen molar-refractivity contribution < 1.29 is 5.73 Å². The highest BCUT2D eigenvalue weighted by Crippen LogP contribution is 2.29. The van der Waals surface area contributed by atoms with Crippen LogP contribution in [0.4, 0.5) is 5.69 Å². The first-order valence-corrected chi connectivity index (χ1v) is 7.35. The lowest BCUT2D eigenvalue weighted by molar-refractivity contribution is -0.429. The monoisotopic (exact) mass is 247 g/mol. The first-order valence-electron chi connectivity index (χ1n) is 7.35. The summed E-state index contributed by atoms with van der Waals surface area (Å²) >= 11 is 0. The van der Waals surface area contributed by atoms with Crippen LogP contribution in [0.3, 0.4) is 0 Å². The van der Waals surface area contributed by atoms with Gasteiger partial charge < -0.3 is 10.6 Å². The zero-order chi connectivity index (χ0) is 13.0. The quantitative estimate of drug-likeness (QED) is 0.871. The van der Waals surface area contributed by atoms with Gasteiger partial charge in [-0.3, -0.25) is 0 Å². The van der Waals surface area contributed by atoms with Crippen molar-refractivity contribution in [3.63, 3.8) is 0 Å². The topological polar surface area (TPSA) is 30.9 Å². The molecule has 2 nitrogen and oxygen atoms in total. The molecule has 0 amide bonds. The van der Waals surface area contributed by atoms with Gasteiger partial charge in [-0.1, -0.05) is 32.0 Å². The number of hydrogen-bond donors (Lipinski definition) is 1. The Kier molecular flexibility index (Phi) is 4.65. The molecule has 1 aliphatic heterocycles. The predicted octanol–water partition coefficient (Wildman–Crippen LogP) is 3.01. The SMILES string of the molecule is CC(C)C[C@H]([NH3+])c1ccccc1N1CCCCC1. The Hall–Kier alpha value is -1.02. The molecule has 1 saturated heterocycles. The van der Waals surface area contributed by atoms with Crippen LogP contribution in [0.1, 0.15) is 51.1 Å². The van der Waals surface area contributed by atoms with Gasteiger partial charge in [0.1, 0.15) is 6.04 Å². The van der Waals surface area contributed by atoms with Crippen LogP contribution in [0.2, 0.25) is 0 Å². The van der Waals surface area contributed by atoms with Gasteiger partial charge in [0, 0.05) is 30.8 Å². The van der Waals surface area contributed by atoms with Gasteiger partial charge in [-0.2, -0.15) is 0 Å². The number of piperidine rings is 1. The molecule has 1 fully saturated rings. The summed E-state index contributed by atoms with van der Waals surface area (Å²) in [7, 11) is 0. The molecule has 100 valence electrons. The molecule has 3 N–H and O–H groups in total. The Bertz CT molecular complexity index is 367. The van der Waals surface area contributed by atoms with E-state index in [1.165, 1.54) is 50.0 Å². The minimum Gasteiger partial charge on any atom is -0.371 e. The summed E-state index contributed by atoms with van der Waals surface area (Å²) in [6, 6.07) is 9.28. The van der Waals surface area contributed by atoms with Gasteiger partial charge in [-0.05, 0) is 31.2 Å². The van der Waals surface area contributed by atoms with Crippen LogP contribution in [-0.2, 0) is 0 Å². The second-order valence-electron chi connectivity index (χ2n) is 5.93. The molecule has 1 aliphatic rings. The van der Waals surface area contributed by atoms with E-state index in [0.717, 1.165) is 0 Å². The van der Waals surface area contributed by atoms with Gasteiger partial charge in [-0.25, -0.2) is 0 Å². The average molecular weight is 247 g/mol. The summed E-state index contributed by atoms with van der Waals surface area (Å²) in [6.07, 6.45) is 5.23. The molecular formula is C16H27N2+. The summed E-state index contributed by atoms with van der Waals surface area (Å²) in [5.41, 5.74) is 7.24. The Morgan fingerprint density at radius 3 is 2.44 bits per heavy atom. The van der Waals surface area contributed by atoms with Crippen molar-refractivity contribution in [1.82, 2.24) is 0 Å². The first-order chi connectivity index (χ1) is 8.68. The molecular weight excluding hydrogens is 220 g/mol. The summed E-state index contributed by atoms with van der Waals surface area (Å²) in [4.78, 5) is 2.55. The zero-order valence-electron chi connectivity index (χ0n) is 11.9. The van der Waals surface area contributed by atoms with Crippen LogP contribution in [0.15, 0.2) is 24.3 Å². The predicted molar refractivity (Wildman–Crippen MR) is 77.6 cm³/mol. The van der Waals surface area contributed by atoms with Gasteiger partial charge in [0.2, 0.25) is 0 Å². The number of hydrogen-bond acceptors (Lipinski definition) is 1.